The van der Waals surface area contributed by atoms with Gasteiger partial charge in [-0.3, -0.25) is 9.59 Å². The van der Waals surface area contributed by atoms with Crippen LogP contribution in [0.3, 0.4) is 0 Å². The smallest absolute Gasteiger partial charge is 0.336 e. The van der Waals surface area contributed by atoms with Crippen molar-refractivity contribution in [2.45, 2.75) is 104 Å². The van der Waals surface area contributed by atoms with Crippen LogP contribution < -0.4 is 30.7 Å². The first-order valence-electron chi connectivity index (χ1n) is 26.7. The number of thiazole rings is 1. The van der Waals surface area contributed by atoms with Crippen molar-refractivity contribution in [1.29, 1.82) is 5.26 Å². The van der Waals surface area contributed by atoms with E-state index in [1.807, 2.05) is 12.1 Å². The van der Waals surface area contributed by atoms with Crippen molar-refractivity contribution >= 4 is 61.9 Å². The summed E-state index contributed by atoms with van der Waals surface area (Å²) in [5.41, 5.74) is 11.9. The number of amides is 2. The summed E-state index contributed by atoms with van der Waals surface area (Å²) in [5.74, 6) is 0.611. The SMILES string of the molecule is CCCCCc1cc2c(c3c1=C(C)C(C)CCC3)Oc1c(cc3c4c1CCCN4CCCC3)C=2c1cc(C(=O)NCCOCCOCCOCCOCCC(=O)Nc2ccc3nc(C#N)sc3c2)ccc1C(=O)O. The van der Waals surface area contributed by atoms with Crippen molar-refractivity contribution in [2.75, 3.05) is 82.7 Å². The van der Waals surface area contributed by atoms with Crippen LogP contribution in [0.15, 0.2) is 48.5 Å². The van der Waals surface area contributed by atoms with Gasteiger partial charge in [-0.05, 0) is 147 Å². The van der Waals surface area contributed by atoms with Crippen LogP contribution in [0.2, 0.25) is 0 Å². The molecule has 15 heteroatoms. The predicted octanol–water partition coefficient (Wildman–Crippen LogP) is 9.01. The number of nitriles is 1. The van der Waals surface area contributed by atoms with E-state index in [1.54, 1.807) is 30.3 Å². The van der Waals surface area contributed by atoms with Crippen molar-refractivity contribution in [1.82, 2.24) is 10.3 Å². The van der Waals surface area contributed by atoms with E-state index in [0.717, 1.165) is 128 Å². The highest BCUT2D eigenvalue weighted by Crippen LogP contribution is 2.49. The third-order valence-electron chi connectivity index (χ3n) is 14.8. The molecular weight excluding hydrogens is 955 g/mol. The van der Waals surface area contributed by atoms with E-state index < -0.39 is 5.97 Å². The number of unbranched alkanes of at least 4 members (excludes halogenated alkanes) is 2. The van der Waals surface area contributed by atoms with Crippen molar-refractivity contribution in [3.63, 3.8) is 0 Å². The van der Waals surface area contributed by atoms with E-state index in [-0.39, 0.29) is 43.6 Å². The number of carboxylic acids is 1. The van der Waals surface area contributed by atoms with Crippen LogP contribution in [0.4, 0.5) is 11.4 Å². The number of nitrogens with zero attached hydrogens (tertiary/aromatic N) is 3. The molecule has 0 fully saturated rings. The van der Waals surface area contributed by atoms with Crippen LogP contribution in [0, 0.1) is 17.2 Å². The fraction of sp³-hybridized carbons (Fsp3) is 0.475. The van der Waals surface area contributed by atoms with Gasteiger partial charge in [0, 0.05) is 64.1 Å². The Morgan fingerprint density at radius 3 is 2.38 bits per heavy atom. The molecule has 4 aromatic carbocycles. The zero-order chi connectivity index (χ0) is 51.6. The van der Waals surface area contributed by atoms with Crippen LogP contribution in [-0.4, -0.2) is 100 Å². The molecule has 0 bridgehead atoms. The summed E-state index contributed by atoms with van der Waals surface area (Å²) in [4.78, 5) is 46.4. The highest BCUT2D eigenvalue weighted by atomic mass is 32.1. The summed E-state index contributed by atoms with van der Waals surface area (Å²) in [6, 6.07) is 17.0. The first kappa shape index (κ1) is 52.7. The van der Waals surface area contributed by atoms with E-state index in [2.05, 4.69) is 53.4 Å². The summed E-state index contributed by atoms with van der Waals surface area (Å²) < 4.78 is 30.8. The molecule has 4 heterocycles. The Bertz CT molecular complexity index is 3070. The lowest BCUT2D eigenvalue weighted by atomic mass is 9.82. The molecule has 0 saturated heterocycles. The van der Waals surface area contributed by atoms with Gasteiger partial charge in [-0.25, -0.2) is 9.78 Å². The number of hydrogen-bond acceptors (Lipinski definition) is 12. The number of hydrogen-bond donors (Lipinski definition) is 3. The van der Waals surface area contributed by atoms with Crippen LogP contribution in [0.5, 0.6) is 11.5 Å². The van der Waals surface area contributed by atoms with Gasteiger partial charge < -0.3 is 44.3 Å². The molecule has 5 aromatic rings. The summed E-state index contributed by atoms with van der Waals surface area (Å²) in [7, 11) is 0. The number of carbonyl (C=O) groups is 3. The normalized spacial score (nSPS) is 15.8. The number of anilines is 2. The lowest BCUT2D eigenvalue weighted by Gasteiger charge is -2.36. The number of ether oxygens (including phenoxy) is 5. The Kier molecular flexibility index (Phi) is 17.7. The van der Waals surface area contributed by atoms with Gasteiger partial charge >= 0.3 is 5.97 Å². The van der Waals surface area contributed by atoms with E-state index in [4.69, 9.17) is 28.9 Å². The molecular formula is C59H69N5O9S. The molecule has 0 radical (unpaired) electrons. The van der Waals surface area contributed by atoms with Crippen LogP contribution >= 0.6 is 11.3 Å². The lowest BCUT2D eigenvalue weighted by Crippen LogP contribution is -2.32. The number of carboxylic acid groups (broad SMARTS) is 1. The number of benzene rings is 4. The molecule has 0 spiro atoms. The molecule has 1 aromatic heterocycles. The maximum atomic E-state index is 14.0. The molecule has 3 aliphatic heterocycles. The second-order valence-corrected chi connectivity index (χ2v) is 20.9. The van der Waals surface area contributed by atoms with Gasteiger partial charge in [-0.15, -0.1) is 11.3 Å². The van der Waals surface area contributed by atoms with Gasteiger partial charge in [0.1, 0.15) is 17.6 Å². The number of aromatic nitrogens is 1. The molecule has 4 aliphatic rings. The van der Waals surface area contributed by atoms with Gasteiger partial charge in [0.15, 0.2) is 5.01 Å². The fourth-order valence-electron chi connectivity index (χ4n) is 11.1. The molecule has 2 amide bonds. The third-order valence-corrected chi connectivity index (χ3v) is 15.8. The number of rotatable bonds is 23. The van der Waals surface area contributed by atoms with E-state index in [0.29, 0.717) is 67.4 Å². The minimum Gasteiger partial charge on any atom is -0.478 e. The van der Waals surface area contributed by atoms with Crippen LogP contribution in [-0.2, 0) is 49.4 Å². The first-order chi connectivity index (χ1) is 36.1. The average molecular weight is 1020 g/mol. The summed E-state index contributed by atoms with van der Waals surface area (Å²) in [5, 5.41) is 28.5. The van der Waals surface area contributed by atoms with Crippen molar-refractivity contribution in [3.8, 4) is 17.6 Å². The van der Waals surface area contributed by atoms with Gasteiger partial charge in [0.25, 0.3) is 5.91 Å². The summed E-state index contributed by atoms with van der Waals surface area (Å²) in [6.45, 7) is 11.8. The number of carbonyl (C=O) groups excluding carboxylic acids is 2. The number of aromatic carboxylic acids is 1. The van der Waals surface area contributed by atoms with Crippen molar-refractivity contribution < 1.29 is 43.2 Å². The average Bonchev–Trinajstić information content (AvgIpc) is 3.62. The second-order valence-electron chi connectivity index (χ2n) is 19.8. The standard InChI is InChI=1S/C59H69N5O9S/c1-4-5-6-12-39-32-47-54(48-33-40-13-7-8-22-64-23-10-15-45(55(40)64)57(48)73-56(47)44-14-9-11-37(2)38(3)53(39)44)46-34-41(16-18-43(46)59(67)68)58(66)61-21-25-70-27-29-72-31-30-71-28-26-69-24-20-51(65)62-42-17-19-49-50(35-42)74-52(36-60)63-49/h16-19,32-35,37H,4-15,20-31H2,1-3H3,(H,61,66)(H,62,65)(H,67,68). The lowest BCUT2D eigenvalue weighted by molar-refractivity contribution is -0.117. The minimum atomic E-state index is -1.04. The second kappa shape index (κ2) is 24.9. The highest BCUT2D eigenvalue weighted by Gasteiger charge is 2.35. The third kappa shape index (κ3) is 12.0. The van der Waals surface area contributed by atoms with Gasteiger partial charge in [-0.2, -0.15) is 5.26 Å². The van der Waals surface area contributed by atoms with Crippen molar-refractivity contribution in [3.05, 3.63) is 108 Å². The Labute approximate surface area is 437 Å². The zero-order valence-corrected chi connectivity index (χ0v) is 43.9. The molecule has 1 atom stereocenters. The quantitative estimate of drug-likeness (QED) is 0.0519. The molecule has 9 rings (SSSR count). The maximum absolute atomic E-state index is 14.0. The topological polar surface area (TPSA) is 182 Å². The Morgan fingerprint density at radius 1 is 0.851 bits per heavy atom. The number of nitrogens with one attached hydrogen (secondary N) is 2. The Balaban J connectivity index is 0.820. The highest BCUT2D eigenvalue weighted by molar-refractivity contribution is 7.19. The van der Waals surface area contributed by atoms with E-state index in [9.17, 15) is 19.5 Å². The largest absolute Gasteiger partial charge is 0.478 e. The Hall–Kier alpha value is -6.15. The summed E-state index contributed by atoms with van der Waals surface area (Å²) in [6.07, 6.45) is 12.6. The summed E-state index contributed by atoms with van der Waals surface area (Å²) >= 11 is 1.28. The fourth-order valence-corrected chi connectivity index (χ4v) is 11.9. The molecule has 74 heavy (non-hydrogen) atoms. The molecule has 14 nitrogen and oxygen atoms in total. The van der Waals surface area contributed by atoms with Gasteiger partial charge in [-0.1, -0.05) is 32.3 Å². The Morgan fingerprint density at radius 2 is 1.61 bits per heavy atom. The van der Waals surface area contributed by atoms with E-state index >= 15 is 0 Å². The molecule has 3 N–H and O–H groups in total. The number of fused-ring (bicyclic) bond motifs is 6. The maximum Gasteiger partial charge on any atom is 0.336 e. The first-order valence-corrected chi connectivity index (χ1v) is 27.5. The van der Waals surface area contributed by atoms with Crippen molar-refractivity contribution in [2.24, 2.45) is 5.92 Å². The minimum absolute atomic E-state index is 0.152. The van der Waals surface area contributed by atoms with Crippen LogP contribution in [0.1, 0.15) is 138 Å². The van der Waals surface area contributed by atoms with Crippen LogP contribution in [0.25, 0.3) is 21.4 Å². The van der Waals surface area contributed by atoms with Gasteiger partial charge in [0.2, 0.25) is 5.91 Å². The molecule has 0 saturated carbocycles. The molecule has 1 unspecified atom stereocenters. The van der Waals surface area contributed by atoms with Gasteiger partial charge in [0.05, 0.1) is 75.1 Å². The molecule has 1 aliphatic carbocycles. The zero-order valence-electron chi connectivity index (χ0n) is 43.1. The molecule has 390 valence electrons. The number of aryl methyl sites for hydroxylation is 2. The predicted molar refractivity (Wildman–Crippen MR) is 288 cm³/mol. The van der Waals surface area contributed by atoms with E-state index in [1.165, 1.54) is 50.1 Å². The monoisotopic (exact) mass is 1020 g/mol.